The van der Waals surface area contributed by atoms with Crippen LogP contribution in [0, 0.1) is 0 Å². The minimum Gasteiger partial charge on any atom is -0.397 e. The Balaban J connectivity index is 2.16. The molecule has 0 aliphatic carbocycles. The van der Waals surface area contributed by atoms with Crippen LogP contribution in [0.15, 0.2) is 48.5 Å². The predicted octanol–water partition coefficient (Wildman–Crippen LogP) is 4.12. The van der Waals surface area contributed by atoms with Crippen molar-refractivity contribution < 1.29 is 13.2 Å². The second kappa shape index (κ2) is 5.22. The fourth-order valence-electron chi connectivity index (χ4n) is 1.74. The van der Waals surface area contributed by atoms with E-state index >= 15 is 0 Å². The summed E-state index contributed by atoms with van der Waals surface area (Å²) in [7, 11) is 0. The van der Waals surface area contributed by atoms with E-state index in [0.717, 1.165) is 5.69 Å². The lowest BCUT2D eigenvalue weighted by molar-refractivity contribution is -0.127. The number of para-hydroxylation sites is 1. The van der Waals surface area contributed by atoms with Crippen LogP contribution >= 0.6 is 0 Å². The SMILES string of the molecule is Nc1cc(CC(F)(F)F)ccc1Nc1ccccc1. The van der Waals surface area contributed by atoms with E-state index in [0.29, 0.717) is 11.4 Å². The molecule has 3 N–H and O–H groups in total. The molecular formula is C14H13F3N2. The van der Waals surface area contributed by atoms with Crippen LogP contribution in [-0.4, -0.2) is 6.18 Å². The first-order valence-corrected chi connectivity index (χ1v) is 5.71. The highest BCUT2D eigenvalue weighted by atomic mass is 19.4. The Morgan fingerprint density at radius 2 is 1.68 bits per heavy atom. The van der Waals surface area contributed by atoms with Gasteiger partial charge in [0.15, 0.2) is 0 Å². The third kappa shape index (κ3) is 3.91. The summed E-state index contributed by atoms with van der Waals surface area (Å²) in [5.74, 6) is 0. The first-order chi connectivity index (χ1) is 8.94. The van der Waals surface area contributed by atoms with E-state index in [-0.39, 0.29) is 5.56 Å². The van der Waals surface area contributed by atoms with Crippen LogP contribution < -0.4 is 11.1 Å². The van der Waals surface area contributed by atoms with Crippen molar-refractivity contribution in [2.45, 2.75) is 12.6 Å². The molecule has 2 aromatic carbocycles. The van der Waals surface area contributed by atoms with Gasteiger partial charge in [-0.05, 0) is 29.8 Å². The molecule has 100 valence electrons. The van der Waals surface area contributed by atoms with Crippen LogP contribution in [-0.2, 0) is 6.42 Å². The molecule has 0 atom stereocenters. The Kier molecular flexibility index (Phi) is 3.64. The number of hydrogen-bond acceptors (Lipinski definition) is 2. The van der Waals surface area contributed by atoms with Gasteiger partial charge in [0, 0.05) is 5.69 Å². The summed E-state index contributed by atoms with van der Waals surface area (Å²) in [4.78, 5) is 0. The Hall–Kier alpha value is -2.17. The van der Waals surface area contributed by atoms with Crippen molar-refractivity contribution in [3.8, 4) is 0 Å². The lowest BCUT2D eigenvalue weighted by Crippen LogP contribution is -2.11. The molecular weight excluding hydrogens is 253 g/mol. The van der Waals surface area contributed by atoms with Crippen LogP contribution in [0.5, 0.6) is 0 Å². The Labute approximate surface area is 109 Å². The lowest BCUT2D eigenvalue weighted by atomic mass is 10.1. The molecule has 0 spiro atoms. The first-order valence-electron chi connectivity index (χ1n) is 5.71. The summed E-state index contributed by atoms with van der Waals surface area (Å²) in [6.45, 7) is 0. The van der Waals surface area contributed by atoms with Gasteiger partial charge >= 0.3 is 6.18 Å². The molecule has 0 aliphatic rings. The number of nitrogen functional groups attached to an aromatic ring is 1. The highest BCUT2D eigenvalue weighted by Gasteiger charge is 2.27. The molecule has 0 radical (unpaired) electrons. The lowest BCUT2D eigenvalue weighted by Gasteiger charge is -2.12. The van der Waals surface area contributed by atoms with Crippen LogP contribution in [0.2, 0.25) is 0 Å². The van der Waals surface area contributed by atoms with Crippen LogP contribution in [0.4, 0.5) is 30.2 Å². The van der Waals surface area contributed by atoms with Gasteiger partial charge in [0.1, 0.15) is 0 Å². The minimum atomic E-state index is -4.22. The van der Waals surface area contributed by atoms with Gasteiger partial charge in [0.2, 0.25) is 0 Å². The number of alkyl halides is 3. The Bertz CT molecular complexity index is 550. The molecule has 0 heterocycles. The fraction of sp³-hybridized carbons (Fsp3) is 0.143. The normalized spacial score (nSPS) is 11.3. The van der Waals surface area contributed by atoms with E-state index < -0.39 is 12.6 Å². The molecule has 0 aliphatic heterocycles. The summed E-state index contributed by atoms with van der Waals surface area (Å²) in [5.41, 5.74) is 7.64. The fourth-order valence-corrected chi connectivity index (χ4v) is 1.74. The summed E-state index contributed by atoms with van der Waals surface area (Å²) >= 11 is 0. The molecule has 2 rings (SSSR count). The molecule has 2 nitrogen and oxygen atoms in total. The maximum Gasteiger partial charge on any atom is 0.393 e. The van der Waals surface area contributed by atoms with E-state index in [2.05, 4.69) is 5.32 Å². The number of hydrogen-bond donors (Lipinski definition) is 2. The van der Waals surface area contributed by atoms with Gasteiger partial charge in [0.05, 0.1) is 17.8 Å². The molecule has 0 unspecified atom stereocenters. The van der Waals surface area contributed by atoms with Crippen molar-refractivity contribution in [1.82, 2.24) is 0 Å². The maximum atomic E-state index is 12.3. The molecule has 0 bridgehead atoms. The standard InChI is InChI=1S/C14H13F3N2/c15-14(16,17)9-10-6-7-13(12(18)8-10)19-11-4-2-1-3-5-11/h1-8,19H,9,18H2. The molecule has 0 fully saturated rings. The van der Waals surface area contributed by atoms with Gasteiger partial charge in [-0.3, -0.25) is 0 Å². The molecule has 0 saturated carbocycles. The number of benzene rings is 2. The zero-order valence-corrected chi connectivity index (χ0v) is 10.0. The zero-order chi connectivity index (χ0) is 13.9. The van der Waals surface area contributed by atoms with E-state index in [1.54, 1.807) is 6.07 Å². The van der Waals surface area contributed by atoms with Gasteiger partial charge in [0.25, 0.3) is 0 Å². The van der Waals surface area contributed by atoms with Crippen molar-refractivity contribution in [2.75, 3.05) is 11.1 Å². The van der Waals surface area contributed by atoms with E-state index in [1.165, 1.54) is 12.1 Å². The maximum absolute atomic E-state index is 12.3. The number of nitrogens with two attached hydrogens (primary N) is 1. The smallest absolute Gasteiger partial charge is 0.393 e. The quantitative estimate of drug-likeness (QED) is 0.820. The molecule has 0 saturated heterocycles. The summed E-state index contributed by atoms with van der Waals surface area (Å²) < 4.78 is 36.8. The number of halogens is 3. The van der Waals surface area contributed by atoms with Crippen LogP contribution in [0.1, 0.15) is 5.56 Å². The molecule has 2 aromatic rings. The highest BCUT2D eigenvalue weighted by Crippen LogP contribution is 2.27. The second-order valence-electron chi connectivity index (χ2n) is 4.20. The van der Waals surface area contributed by atoms with Crippen molar-refractivity contribution in [3.05, 3.63) is 54.1 Å². The highest BCUT2D eigenvalue weighted by molar-refractivity contribution is 5.73. The van der Waals surface area contributed by atoms with E-state index in [9.17, 15) is 13.2 Å². The average Bonchev–Trinajstić information content (AvgIpc) is 2.32. The topological polar surface area (TPSA) is 38.0 Å². The third-order valence-electron chi connectivity index (χ3n) is 2.57. The number of rotatable bonds is 3. The zero-order valence-electron chi connectivity index (χ0n) is 10.0. The first kappa shape index (κ1) is 13.3. The Morgan fingerprint density at radius 1 is 1.00 bits per heavy atom. The minimum absolute atomic E-state index is 0.156. The molecule has 0 aromatic heterocycles. The van der Waals surface area contributed by atoms with Gasteiger partial charge < -0.3 is 11.1 Å². The molecule has 0 amide bonds. The van der Waals surface area contributed by atoms with Crippen LogP contribution in [0.25, 0.3) is 0 Å². The Morgan fingerprint density at radius 3 is 2.26 bits per heavy atom. The van der Waals surface area contributed by atoms with Crippen molar-refractivity contribution in [3.63, 3.8) is 0 Å². The van der Waals surface area contributed by atoms with Crippen molar-refractivity contribution >= 4 is 17.1 Å². The number of anilines is 3. The van der Waals surface area contributed by atoms with E-state index in [4.69, 9.17) is 5.73 Å². The van der Waals surface area contributed by atoms with Crippen molar-refractivity contribution in [2.24, 2.45) is 0 Å². The average molecular weight is 266 g/mol. The largest absolute Gasteiger partial charge is 0.397 e. The molecule has 19 heavy (non-hydrogen) atoms. The van der Waals surface area contributed by atoms with Gasteiger partial charge in [-0.2, -0.15) is 13.2 Å². The van der Waals surface area contributed by atoms with Gasteiger partial charge in [-0.1, -0.05) is 24.3 Å². The predicted molar refractivity (Wildman–Crippen MR) is 70.3 cm³/mol. The summed E-state index contributed by atoms with van der Waals surface area (Å²) in [5, 5.41) is 3.06. The summed E-state index contributed by atoms with van der Waals surface area (Å²) in [6.07, 6.45) is -5.19. The number of nitrogens with one attached hydrogen (secondary N) is 1. The monoisotopic (exact) mass is 266 g/mol. The second-order valence-corrected chi connectivity index (χ2v) is 4.20. The van der Waals surface area contributed by atoms with Crippen molar-refractivity contribution in [1.29, 1.82) is 0 Å². The molecule has 5 heteroatoms. The third-order valence-corrected chi connectivity index (χ3v) is 2.57. The van der Waals surface area contributed by atoms with Gasteiger partial charge in [-0.25, -0.2) is 0 Å². The van der Waals surface area contributed by atoms with Gasteiger partial charge in [-0.15, -0.1) is 0 Å². The van der Waals surface area contributed by atoms with E-state index in [1.807, 2.05) is 30.3 Å². The van der Waals surface area contributed by atoms with Crippen LogP contribution in [0.3, 0.4) is 0 Å². The summed E-state index contributed by atoms with van der Waals surface area (Å²) in [6, 6.07) is 13.6.